The number of hydrogen-bond donors (Lipinski definition) is 2. The SMILES string of the molecule is Cc1c([C@H](CC(=O)O)c2cc(CN3Cc4[nH]c(=O)ccc4OC4(CC4)[C@@H]3C)c3sccc3c2)ccc2c1nnn2C. The van der Waals surface area contributed by atoms with Crippen LogP contribution in [0.4, 0.5) is 0 Å². The predicted molar refractivity (Wildman–Crippen MR) is 158 cm³/mol. The fourth-order valence-electron chi connectivity index (χ4n) is 6.46. The maximum absolute atomic E-state index is 12.2. The number of benzene rings is 2. The lowest BCUT2D eigenvalue weighted by molar-refractivity contribution is -0.137. The number of nitrogens with one attached hydrogen (secondary N) is 1. The summed E-state index contributed by atoms with van der Waals surface area (Å²) >= 11 is 1.70. The first-order valence-electron chi connectivity index (χ1n) is 13.9. The number of hydrogen-bond acceptors (Lipinski definition) is 7. The Hall–Kier alpha value is -4.02. The molecule has 1 saturated carbocycles. The van der Waals surface area contributed by atoms with E-state index in [1.54, 1.807) is 22.1 Å². The van der Waals surface area contributed by atoms with Crippen molar-refractivity contribution in [3.05, 3.63) is 86.1 Å². The number of ether oxygens (including phenoxy) is 1. The molecule has 9 nitrogen and oxygen atoms in total. The third-order valence-electron chi connectivity index (χ3n) is 8.94. The van der Waals surface area contributed by atoms with Gasteiger partial charge in [0.25, 0.3) is 0 Å². The molecule has 10 heteroatoms. The van der Waals surface area contributed by atoms with Crippen LogP contribution < -0.4 is 10.3 Å². The van der Waals surface area contributed by atoms with E-state index in [9.17, 15) is 14.7 Å². The first-order chi connectivity index (χ1) is 19.7. The molecular weight excluding hydrogens is 538 g/mol. The average molecular weight is 570 g/mol. The molecule has 1 aliphatic carbocycles. The number of thiophene rings is 1. The number of fused-ring (bicyclic) bond motifs is 3. The molecule has 0 bridgehead atoms. The molecule has 5 aromatic rings. The second kappa shape index (κ2) is 9.53. The maximum Gasteiger partial charge on any atom is 0.304 e. The first-order valence-corrected chi connectivity index (χ1v) is 14.8. The Morgan fingerprint density at radius 3 is 2.85 bits per heavy atom. The average Bonchev–Trinajstić information content (AvgIpc) is 3.41. The number of carboxylic acid groups (broad SMARTS) is 1. The van der Waals surface area contributed by atoms with Crippen molar-refractivity contribution in [3.63, 3.8) is 0 Å². The highest BCUT2D eigenvalue weighted by Gasteiger charge is 2.54. The van der Waals surface area contributed by atoms with Gasteiger partial charge in [0, 0.05) is 42.9 Å². The van der Waals surface area contributed by atoms with Crippen LogP contribution >= 0.6 is 11.3 Å². The van der Waals surface area contributed by atoms with Gasteiger partial charge in [-0.1, -0.05) is 17.3 Å². The van der Waals surface area contributed by atoms with Gasteiger partial charge in [0.2, 0.25) is 5.56 Å². The van der Waals surface area contributed by atoms with Crippen molar-refractivity contribution in [1.82, 2.24) is 24.9 Å². The zero-order chi connectivity index (χ0) is 28.5. The normalized spacial score (nSPS) is 18.8. The number of aryl methyl sites for hydroxylation is 2. The first kappa shape index (κ1) is 25.9. The van der Waals surface area contributed by atoms with Crippen molar-refractivity contribution in [2.24, 2.45) is 7.05 Å². The predicted octanol–water partition coefficient (Wildman–Crippen LogP) is 5.10. The largest absolute Gasteiger partial charge is 0.484 e. The molecule has 0 unspecified atom stereocenters. The molecule has 1 spiro atoms. The lowest BCUT2D eigenvalue weighted by Crippen LogP contribution is -2.43. The Kier molecular flexibility index (Phi) is 6.02. The van der Waals surface area contributed by atoms with E-state index in [1.165, 1.54) is 10.8 Å². The van der Waals surface area contributed by atoms with Gasteiger partial charge in [-0.15, -0.1) is 16.4 Å². The topological polar surface area (TPSA) is 113 Å². The highest BCUT2D eigenvalue weighted by atomic mass is 32.1. The number of aromatic amines is 1. The van der Waals surface area contributed by atoms with Crippen LogP contribution in [0.2, 0.25) is 0 Å². The third-order valence-corrected chi connectivity index (χ3v) is 9.95. The van der Waals surface area contributed by atoms with E-state index in [1.807, 2.05) is 26.1 Å². The number of H-pyrrole nitrogens is 1. The Labute approximate surface area is 240 Å². The zero-order valence-corrected chi connectivity index (χ0v) is 24.0. The molecule has 41 heavy (non-hydrogen) atoms. The summed E-state index contributed by atoms with van der Waals surface area (Å²) < 4.78 is 9.41. The van der Waals surface area contributed by atoms with Gasteiger partial charge in [0.05, 0.1) is 17.6 Å². The highest BCUT2D eigenvalue weighted by Crippen LogP contribution is 2.48. The van der Waals surface area contributed by atoms with Crippen LogP contribution in [0.15, 0.2) is 52.6 Å². The summed E-state index contributed by atoms with van der Waals surface area (Å²) in [5.74, 6) is -0.447. The van der Waals surface area contributed by atoms with Gasteiger partial charge in [0.1, 0.15) is 16.9 Å². The number of aliphatic carboxylic acids is 1. The molecule has 0 radical (unpaired) electrons. The Bertz CT molecular complexity index is 1880. The van der Waals surface area contributed by atoms with E-state index >= 15 is 0 Å². The van der Waals surface area contributed by atoms with E-state index < -0.39 is 5.97 Å². The van der Waals surface area contributed by atoms with Crippen molar-refractivity contribution in [2.45, 2.75) is 63.8 Å². The molecule has 2 aromatic carbocycles. The molecule has 4 heterocycles. The number of rotatable bonds is 6. The van der Waals surface area contributed by atoms with Gasteiger partial charge in [-0.3, -0.25) is 14.5 Å². The molecule has 2 atom stereocenters. The fraction of sp³-hybridized carbons (Fsp3) is 0.355. The number of carbonyl (C=O) groups is 1. The summed E-state index contributed by atoms with van der Waals surface area (Å²) in [7, 11) is 1.86. The standard InChI is InChI=1S/C31H31N5O4S/c1-17-22(4-5-25-29(17)33-34-35(25)3)23(14-28(38)39)20-12-19-8-11-41-30(19)21(13-20)15-36-16-24-26(6-7-27(37)32-24)40-31(9-10-31)18(36)2/h4-8,11-13,18,23H,9-10,14-16H2,1-3H3,(H,32,37)(H,38,39)/t18-,23+/m0/s1. The summed E-state index contributed by atoms with van der Waals surface area (Å²) in [4.78, 5) is 29.7. The molecule has 1 fully saturated rings. The fourth-order valence-corrected chi connectivity index (χ4v) is 7.35. The smallest absolute Gasteiger partial charge is 0.304 e. The van der Waals surface area contributed by atoms with E-state index in [0.29, 0.717) is 13.1 Å². The highest BCUT2D eigenvalue weighted by molar-refractivity contribution is 7.17. The van der Waals surface area contributed by atoms with Crippen molar-refractivity contribution in [1.29, 1.82) is 0 Å². The van der Waals surface area contributed by atoms with Crippen LogP contribution in [0.3, 0.4) is 0 Å². The Balaban J connectivity index is 1.32. The second-order valence-corrected chi connectivity index (χ2v) is 12.4. The molecule has 3 aromatic heterocycles. The van der Waals surface area contributed by atoms with Gasteiger partial charge >= 0.3 is 5.97 Å². The minimum Gasteiger partial charge on any atom is -0.484 e. The van der Waals surface area contributed by atoms with Gasteiger partial charge in [-0.05, 0) is 84.0 Å². The lowest BCUT2D eigenvalue weighted by Gasteiger charge is -2.32. The molecule has 0 saturated heterocycles. The maximum atomic E-state index is 12.2. The third kappa shape index (κ3) is 4.42. The molecular formula is C31H31N5O4S. The number of carboxylic acids is 1. The summed E-state index contributed by atoms with van der Waals surface area (Å²) in [6, 6.07) is 13.9. The molecule has 7 rings (SSSR count). The van der Waals surface area contributed by atoms with Crippen molar-refractivity contribution < 1.29 is 14.6 Å². The quantitative estimate of drug-likeness (QED) is 0.292. The van der Waals surface area contributed by atoms with Crippen LogP contribution in [0.5, 0.6) is 5.75 Å². The summed E-state index contributed by atoms with van der Waals surface area (Å²) in [6.07, 6.45) is 1.92. The summed E-state index contributed by atoms with van der Waals surface area (Å²) in [5.41, 5.74) is 6.11. The zero-order valence-electron chi connectivity index (χ0n) is 23.2. The molecule has 2 aliphatic rings. The van der Waals surface area contributed by atoms with Crippen molar-refractivity contribution in [3.8, 4) is 5.75 Å². The molecule has 0 amide bonds. The molecule has 210 valence electrons. The van der Waals surface area contributed by atoms with Crippen molar-refractivity contribution >= 4 is 38.4 Å². The van der Waals surface area contributed by atoms with E-state index in [0.717, 1.165) is 63.0 Å². The monoisotopic (exact) mass is 569 g/mol. The molecule has 2 N–H and O–H groups in total. The van der Waals surface area contributed by atoms with Gasteiger partial charge in [-0.2, -0.15) is 0 Å². The van der Waals surface area contributed by atoms with Crippen LogP contribution in [0.25, 0.3) is 21.1 Å². The Morgan fingerprint density at radius 1 is 1.24 bits per heavy atom. The number of nitrogens with zero attached hydrogens (tertiary/aromatic N) is 4. The minimum absolute atomic E-state index is 0.0344. The summed E-state index contributed by atoms with van der Waals surface area (Å²) in [6.45, 7) is 5.42. The molecule has 1 aliphatic heterocycles. The Morgan fingerprint density at radius 2 is 2.07 bits per heavy atom. The summed E-state index contributed by atoms with van der Waals surface area (Å²) in [5, 5.41) is 21.7. The lowest BCUT2D eigenvalue weighted by atomic mass is 9.84. The van der Waals surface area contributed by atoms with Crippen LogP contribution in [-0.2, 0) is 24.9 Å². The van der Waals surface area contributed by atoms with Gasteiger partial charge < -0.3 is 14.8 Å². The van der Waals surface area contributed by atoms with Crippen molar-refractivity contribution in [2.75, 3.05) is 0 Å². The van der Waals surface area contributed by atoms with Gasteiger partial charge in [0.15, 0.2) is 0 Å². The van der Waals surface area contributed by atoms with Crippen LogP contribution in [0, 0.1) is 6.92 Å². The van der Waals surface area contributed by atoms with Crippen LogP contribution in [-0.4, -0.2) is 47.6 Å². The minimum atomic E-state index is -0.852. The van der Waals surface area contributed by atoms with E-state index in [2.05, 4.69) is 50.7 Å². The second-order valence-electron chi connectivity index (χ2n) is 11.4. The number of aromatic nitrogens is 4. The van der Waals surface area contributed by atoms with E-state index in [4.69, 9.17) is 4.74 Å². The van der Waals surface area contributed by atoms with E-state index in [-0.39, 0.29) is 29.5 Å². The van der Waals surface area contributed by atoms with Crippen LogP contribution in [0.1, 0.15) is 60.1 Å². The van der Waals surface area contributed by atoms with Gasteiger partial charge in [-0.25, -0.2) is 4.68 Å². The number of pyridine rings is 1.